The molecule has 1 amide bonds. The van der Waals surface area contributed by atoms with Gasteiger partial charge in [-0.2, -0.15) is 18.4 Å². The second-order valence-corrected chi connectivity index (χ2v) is 5.39. The van der Waals surface area contributed by atoms with E-state index in [4.69, 9.17) is 5.26 Å². The Morgan fingerprint density at radius 3 is 2.81 bits per heavy atom. The lowest BCUT2D eigenvalue weighted by atomic mass is 10.1. The molecule has 1 aromatic carbocycles. The number of nitrogens with zero attached hydrogens (tertiary/aromatic N) is 2. The first-order valence-corrected chi connectivity index (χ1v) is 6.92. The number of nitrogens with one attached hydrogen (secondary N) is 1. The van der Waals surface area contributed by atoms with Crippen molar-refractivity contribution in [3.8, 4) is 6.07 Å². The zero-order chi connectivity index (χ0) is 15.6. The van der Waals surface area contributed by atoms with Crippen LogP contribution >= 0.6 is 15.9 Å². The monoisotopic (exact) mass is 361 g/mol. The number of rotatable bonds is 1. The highest BCUT2D eigenvalue weighted by molar-refractivity contribution is 9.10. The number of hydrogen-bond acceptors (Lipinski definition) is 3. The number of carbonyl (C=O) groups is 1. The molecule has 2 rings (SSSR count). The average molecular weight is 362 g/mol. The normalized spacial score (nSPS) is 19.2. The molecule has 21 heavy (non-hydrogen) atoms. The van der Waals surface area contributed by atoms with Gasteiger partial charge in [0.1, 0.15) is 6.04 Å². The number of benzene rings is 1. The quantitative estimate of drug-likeness (QED) is 0.835. The fourth-order valence-corrected chi connectivity index (χ4v) is 2.50. The molecule has 0 saturated carbocycles. The van der Waals surface area contributed by atoms with E-state index in [9.17, 15) is 18.0 Å². The van der Waals surface area contributed by atoms with Crippen LogP contribution in [0.3, 0.4) is 0 Å². The lowest BCUT2D eigenvalue weighted by Crippen LogP contribution is -2.53. The highest BCUT2D eigenvalue weighted by Crippen LogP contribution is 2.32. The maximum Gasteiger partial charge on any atom is 0.416 e. The molecule has 8 heteroatoms. The summed E-state index contributed by atoms with van der Waals surface area (Å²) < 4.78 is 38.5. The van der Waals surface area contributed by atoms with Crippen LogP contribution in [0.25, 0.3) is 0 Å². The summed E-state index contributed by atoms with van der Waals surface area (Å²) in [6, 6.07) is 4.19. The zero-order valence-corrected chi connectivity index (χ0v) is 12.3. The second-order valence-electron chi connectivity index (χ2n) is 4.54. The van der Waals surface area contributed by atoms with Crippen LogP contribution in [-0.4, -0.2) is 36.5 Å². The van der Waals surface area contributed by atoms with Crippen molar-refractivity contribution in [3.05, 3.63) is 33.8 Å². The standard InChI is InChI=1S/C13H11BrF3N3O/c14-11-2-1-8(13(15,16)17)5-10(11)12(21)20-4-3-19-7-9(20)6-18/h1-2,5,9,19H,3-4,7H2. The van der Waals surface area contributed by atoms with Gasteiger partial charge in [0.2, 0.25) is 0 Å². The van der Waals surface area contributed by atoms with Crippen molar-refractivity contribution in [2.24, 2.45) is 0 Å². The maximum absolute atomic E-state index is 12.7. The number of alkyl halides is 3. The van der Waals surface area contributed by atoms with Crippen molar-refractivity contribution in [3.63, 3.8) is 0 Å². The second kappa shape index (κ2) is 6.03. The molecule has 1 heterocycles. The minimum absolute atomic E-state index is 0.0908. The molecular formula is C13H11BrF3N3O. The summed E-state index contributed by atoms with van der Waals surface area (Å²) in [7, 11) is 0. The van der Waals surface area contributed by atoms with Crippen molar-refractivity contribution >= 4 is 21.8 Å². The molecule has 1 N–H and O–H groups in total. The molecule has 0 aliphatic carbocycles. The predicted molar refractivity (Wildman–Crippen MR) is 72.5 cm³/mol. The molecule has 0 spiro atoms. The zero-order valence-electron chi connectivity index (χ0n) is 10.7. The van der Waals surface area contributed by atoms with Crippen LogP contribution in [0.2, 0.25) is 0 Å². The number of amides is 1. The van der Waals surface area contributed by atoms with Gasteiger partial charge in [-0.25, -0.2) is 0 Å². The van der Waals surface area contributed by atoms with E-state index in [-0.39, 0.29) is 16.6 Å². The fraction of sp³-hybridized carbons (Fsp3) is 0.385. The Balaban J connectivity index is 2.36. The number of piperazine rings is 1. The number of halogens is 4. The van der Waals surface area contributed by atoms with Crippen LogP contribution in [0.1, 0.15) is 15.9 Å². The van der Waals surface area contributed by atoms with Crippen LogP contribution < -0.4 is 5.32 Å². The van der Waals surface area contributed by atoms with Crippen LogP contribution in [0.5, 0.6) is 0 Å². The van der Waals surface area contributed by atoms with E-state index in [1.54, 1.807) is 0 Å². The van der Waals surface area contributed by atoms with Crippen molar-refractivity contribution < 1.29 is 18.0 Å². The Morgan fingerprint density at radius 1 is 1.48 bits per heavy atom. The number of nitriles is 1. The Hall–Kier alpha value is -1.59. The summed E-state index contributed by atoms with van der Waals surface area (Å²) in [5.74, 6) is -0.582. The van der Waals surface area contributed by atoms with Crippen molar-refractivity contribution in [2.45, 2.75) is 12.2 Å². The first-order chi connectivity index (χ1) is 9.84. The molecule has 1 unspecified atom stereocenters. The Bertz CT molecular complexity index is 597. The Labute approximate surface area is 127 Å². The lowest BCUT2D eigenvalue weighted by Gasteiger charge is -2.32. The molecule has 1 atom stereocenters. The largest absolute Gasteiger partial charge is 0.416 e. The Morgan fingerprint density at radius 2 is 2.19 bits per heavy atom. The van der Waals surface area contributed by atoms with E-state index in [0.29, 0.717) is 13.1 Å². The highest BCUT2D eigenvalue weighted by Gasteiger charge is 2.33. The molecule has 112 valence electrons. The third kappa shape index (κ3) is 3.36. The summed E-state index contributed by atoms with van der Waals surface area (Å²) in [5, 5.41) is 12.0. The topological polar surface area (TPSA) is 56.1 Å². The Kier molecular flexibility index (Phi) is 4.54. The first kappa shape index (κ1) is 15.8. The van der Waals surface area contributed by atoms with E-state index >= 15 is 0 Å². The molecule has 0 aromatic heterocycles. The maximum atomic E-state index is 12.7. The summed E-state index contributed by atoms with van der Waals surface area (Å²) in [6.07, 6.45) is -4.52. The van der Waals surface area contributed by atoms with Crippen molar-refractivity contribution in [2.75, 3.05) is 19.6 Å². The first-order valence-electron chi connectivity index (χ1n) is 6.12. The van der Waals surface area contributed by atoms with Gasteiger partial charge in [0.25, 0.3) is 5.91 Å². The van der Waals surface area contributed by atoms with E-state index < -0.39 is 23.7 Å². The van der Waals surface area contributed by atoms with Gasteiger partial charge in [0.15, 0.2) is 0 Å². The third-order valence-electron chi connectivity index (χ3n) is 3.18. The van der Waals surface area contributed by atoms with E-state index in [2.05, 4.69) is 21.2 Å². The number of carbonyl (C=O) groups excluding carboxylic acids is 1. The summed E-state index contributed by atoms with van der Waals surface area (Å²) in [5.41, 5.74) is -0.982. The molecule has 1 fully saturated rings. The minimum atomic E-state index is -4.52. The van der Waals surface area contributed by atoms with Crippen LogP contribution in [0, 0.1) is 11.3 Å². The summed E-state index contributed by atoms with van der Waals surface area (Å²) in [6.45, 7) is 1.08. The average Bonchev–Trinajstić information content (AvgIpc) is 2.45. The smallest absolute Gasteiger partial charge is 0.320 e. The van der Waals surface area contributed by atoms with Gasteiger partial charge in [-0.15, -0.1) is 0 Å². The van der Waals surface area contributed by atoms with E-state index in [1.807, 2.05) is 6.07 Å². The van der Waals surface area contributed by atoms with Crippen molar-refractivity contribution in [1.29, 1.82) is 5.26 Å². The third-order valence-corrected chi connectivity index (χ3v) is 3.87. The van der Waals surface area contributed by atoms with Gasteiger partial charge < -0.3 is 10.2 Å². The van der Waals surface area contributed by atoms with E-state index in [0.717, 1.165) is 12.1 Å². The van der Waals surface area contributed by atoms with Gasteiger partial charge >= 0.3 is 6.18 Å². The van der Waals surface area contributed by atoms with Gasteiger partial charge in [-0.1, -0.05) is 0 Å². The predicted octanol–water partition coefficient (Wildman–Crippen LogP) is 2.41. The minimum Gasteiger partial charge on any atom is -0.320 e. The summed E-state index contributed by atoms with van der Waals surface area (Å²) in [4.78, 5) is 13.7. The molecule has 1 aromatic rings. The van der Waals surface area contributed by atoms with E-state index in [1.165, 1.54) is 11.0 Å². The molecule has 0 radical (unpaired) electrons. The molecule has 1 aliphatic heterocycles. The van der Waals surface area contributed by atoms with Crippen LogP contribution in [0.15, 0.2) is 22.7 Å². The molecule has 4 nitrogen and oxygen atoms in total. The SMILES string of the molecule is N#CC1CNCCN1C(=O)c1cc(C(F)(F)F)ccc1Br. The summed E-state index contributed by atoms with van der Waals surface area (Å²) >= 11 is 3.09. The van der Waals surface area contributed by atoms with Gasteiger partial charge in [-0.3, -0.25) is 4.79 Å². The van der Waals surface area contributed by atoms with Crippen LogP contribution in [-0.2, 0) is 6.18 Å². The highest BCUT2D eigenvalue weighted by atomic mass is 79.9. The van der Waals surface area contributed by atoms with Gasteiger partial charge in [0.05, 0.1) is 17.2 Å². The number of hydrogen-bond donors (Lipinski definition) is 1. The fourth-order valence-electron chi connectivity index (χ4n) is 2.08. The molecule has 1 saturated heterocycles. The molecule has 0 bridgehead atoms. The lowest BCUT2D eigenvalue weighted by molar-refractivity contribution is -0.137. The van der Waals surface area contributed by atoms with Gasteiger partial charge in [0, 0.05) is 24.1 Å². The molecule has 1 aliphatic rings. The van der Waals surface area contributed by atoms with Gasteiger partial charge in [-0.05, 0) is 34.1 Å². The molecular weight excluding hydrogens is 351 g/mol. The van der Waals surface area contributed by atoms with Crippen LogP contribution in [0.4, 0.5) is 13.2 Å². The van der Waals surface area contributed by atoms with Crippen molar-refractivity contribution in [1.82, 2.24) is 10.2 Å².